The first-order chi connectivity index (χ1) is 16.0. The Hall–Kier alpha value is -3.45. The Morgan fingerprint density at radius 2 is 1.76 bits per heavy atom. The fourth-order valence-corrected chi connectivity index (χ4v) is 5.36. The minimum absolute atomic E-state index is 0.0565. The first kappa shape index (κ1) is 20.2. The van der Waals surface area contributed by atoms with E-state index in [0.717, 1.165) is 25.7 Å². The van der Waals surface area contributed by atoms with Crippen LogP contribution in [0.2, 0.25) is 0 Å². The molecule has 1 aromatic heterocycles. The summed E-state index contributed by atoms with van der Waals surface area (Å²) in [5.41, 5.74) is -0.841. The van der Waals surface area contributed by atoms with Crippen molar-refractivity contribution in [3.05, 3.63) is 75.6 Å². The summed E-state index contributed by atoms with van der Waals surface area (Å²) in [7, 11) is 1.61. The van der Waals surface area contributed by atoms with Crippen molar-refractivity contribution in [1.82, 2.24) is 0 Å². The van der Waals surface area contributed by atoms with Gasteiger partial charge in [0, 0.05) is 12.6 Å². The smallest absolute Gasteiger partial charge is 0.267 e. The molecular formula is C26H24N2O5. The van der Waals surface area contributed by atoms with Crippen molar-refractivity contribution in [2.45, 2.75) is 49.9 Å². The van der Waals surface area contributed by atoms with E-state index in [1.807, 2.05) is 0 Å². The van der Waals surface area contributed by atoms with E-state index >= 15 is 0 Å². The van der Waals surface area contributed by atoms with Gasteiger partial charge in [-0.2, -0.15) is 0 Å². The third kappa shape index (κ3) is 2.82. The predicted molar refractivity (Wildman–Crippen MR) is 123 cm³/mol. The summed E-state index contributed by atoms with van der Waals surface area (Å²) in [6.07, 6.45) is 3.95. The van der Waals surface area contributed by atoms with Crippen molar-refractivity contribution in [3.8, 4) is 0 Å². The Kier molecular flexibility index (Phi) is 4.45. The zero-order chi connectivity index (χ0) is 22.7. The molecule has 1 fully saturated rings. The van der Waals surface area contributed by atoms with Gasteiger partial charge in [0.25, 0.3) is 11.8 Å². The molecule has 0 saturated heterocycles. The van der Waals surface area contributed by atoms with Gasteiger partial charge in [0.1, 0.15) is 5.58 Å². The highest BCUT2D eigenvalue weighted by Gasteiger charge is 2.60. The lowest BCUT2D eigenvalue weighted by Crippen LogP contribution is -2.44. The van der Waals surface area contributed by atoms with Gasteiger partial charge in [0.2, 0.25) is 11.0 Å². The normalized spacial score (nSPS) is 26.0. The molecule has 6 rings (SSSR count). The van der Waals surface area contributed by atoms with Gasteiger partial charge in [-0.05, 0) is 31.0 Å². The first-order valence-electron chi connectivity index (χ1n) is 11.4. The highest BCUT2D eigenvalue weighted by molar-refractivity contribution is 6.08. The maximum absolute atomic E-state index is 13.6. The highest BCUT2D eigenvalue weighted by atomic mass is 16.5. The van der Waals surface area contributed by atoms with E-state index in [1.165, 1.54) is 11.3 Å². The molecule has 1 aliphatic carbocycles. The molecule has 33 heavy (non-hydrogen) atoms. The third-order valence-electron chi connectivity index (χ3n) is 7.08. The average molecular weight is 444 g/mol. The molecule has 0 radical (unpaired) electrons. The summed E-state index contributed by atoms with van der Waals surface area (Å²) in [6.45, 7) is 0. The van der Waals surface area contributed by atoms with E-state index in [4.69, 9.17) is 14.1 Å². The molecule has 7 nitrogen and oxygen atoms in total. The van der Waals surface area contributed by atoms with Crippen LogP contribution >= 0.6 is 0 Å². The summed E-state index contributed by atoms with van der Waals surface area (Å²) < 4.78 is 12.3. The molecule has 0 unspecified atom stereocenters. The van der Waals surface area contributed by atoms with E-state index in [-0.39, 0.29) is 28.7 Å². The SMILES string of the molecule is CN1C(=O)[C@](O)([C@@H]2OC(=NC3CCCCC3)c3oc4ccccc4c(=O)c32)c2ccccc21. The third-order valence-corrected chi connectivity index (χ3v) is 7.08. The number of hydrogen-bond acceptors (Lipinski definition) is 6. The number of likely N-dealkylation sites (N-methyl/N-ethyl adjacent to an activating group) is 1. The van der Waals surface area contributed by atoms with Crippen LogP contribution in [0, 0.1) is 0 Å². The number of ether oxygens (including phenoxy) is 1. The fraction of sp³-hybridized carbons (Fsp3) is 0.346. The van der Waals surface area contributed by atoms with Gasteiger partial charge in [0.05, 0.1) is 22.7 Å². The number of anilines is 1. The molecule has 3 heterocycles. The van der Waals surface area contributed by atoms with E-state index in [9.17, 15) is 14.7 Å². The number of carbonyl (C=O) groups excluding carboxylic acids is 1. The predicted octanol–water partition coefficient (Wildman–Crippen LogP) is 3.81. The Bertz CT molecular complexity index is 1370. The average Bonchev–Trinajstić information content (AvgIpc) is 3.30. The van der Waals surface area contributed by atoms with Crippen molar-refractivity contribution in [3.63, 3.8) is 0 Å². The second-order valence-electron chi connectivity index (χ2n) is 9.04. The van der Waals surface area contributed by atoms with Crippen molar-refractivity contribution >= 4 is 28.5 Å². The van der Waals surface area contributed by atoms with Crippen molar-refractivity contribution in [2.24, 2.45) is 4.99 Å². The van der Waals surface area contributed by atoms with Crippen LogP contribution in [-0.2, 0) is 15.1 Å². The van der Waals surface area contributed by atoms with Crippen LogP contribution < -0.4 is 10.3 Å². The standard InChI is InChI=1S/C26H24N2O5/c1-28-18-13-7-6-12-17(18)26(31,25(28)30)23-20-21(29)16-11-5-8-14-19(16)32-22(20)24(33-23)27-15-9-3-2-4-10-15/h5-8,11-15,23,31H,2-4,9-10H2,1H3/t23-,26-/m1/s1. The van der Waals surface area contributed by atoms with E-state index in [0.29, 0.717) is 22.2 Å². The lowest BCUT2D eigenvalue weighted by molar-refractivity contribution is -0.147. The molecule has 168 valence electrons. The molecule has 3 aromatic rings. The number of fused-ring (bicyclic) bond motifs is 3. The van der Waals surface area contributed by atoms with Gasteiger partial charge in [-0.15, -0.1) is 0 Å². The van der Waals surface area contributed by atoms with Gasteiger partial charge in [-0.1, -0.05) is 49.6 Å². The number of nitrogens with zero attached hydrogens (tertiary/aromatic N) is 2. The van der Waals surface area contributed by atoms with Crippen LogP contribution in [0.3, 0.4) is 0 Å². The summed E-state index contributed by atoms with van der Waals surface area (Å²) in [6, 6.07) is 14.0. The number of amides is 1. The lowest BCUT2D eigenvalue weighted by atomic mass is 9.85. The van der Waals surface area contributed by atoms with Crippen LogP contribution in [0.4, 0.5) is 5.69 Å². The number of benzene rings is 2. The Balaban J connectivity index is 1.58. The molecule has 2 aromatic carbocycles. The van der Waals surface area contributed by atoms with E-state index in [1.54, 1.807) is 55.6 Å². The first-order valence-corrected chi connectivity index (χ1v) is 11.4. The number of carbonyl (C=O) groups is 1. The van der Waals surface area contributed by atoms with Gasteiger partial charge >= 0.3 is 0 Å². The Morgan fingerprint density at radius 1 is 1.03 bits per heavy atom. The maximum Gasteiger partial charge on any atom is 0.267 e. The second kappa shape index (κ2) is 7.28. The molecule has 3 aliphatic rings. The second-order valence-corrected chi connectivity index (χ2v) is 9.04. The molecule has 0 spiro atoms. The number of aliphatic hydroxyl groups is 1. The van der Waals surface area contributed by atoms with Crippen LogP contribution in [0.15, 0.2) is 62.7 Å². The summed E-state index contributed by atoms with van der Waals surface area (Å²) in [4.78, 5) is 33.2. The van der Waals surface area contributed by atoms with Crippen LogP contribution in [0.5, 0.6) is 0 Å². The largest absolute Gasteiger partial charge is 0.463 e. The van der Waals surface area contributed by atoms with Crippen LogP contribution in [-0.4, -0.2) is 30.0 Å². The van der Waals surface area contributed by atoms with E-state index < -0.39 is 17.6 Å². The van der Waals surface area contributed by atoms with Crippen molar-refractivity contribution < 1.29 is 19.1 Å². The van der Waals surface area contributed by atoms with E-state index in [2.05, 4.69) is 0 Å². The number of aliphatic imine (C=N–C) groups is 1. The summed E-state index contributed by atoms with van der Waals surface area (Å²) in [5, 5.41) is 12.3. The molecule has 1 amide bonds. The lowest BCUT2D eigenvalue weighted by Gasteiger charge is -2.28. The zero-order valence-corrected chi connectivity index (χ0v) is 18.3. The van der Waals surface area contributed by atoms with Crippen molar-refractivity contribution in [2.75, 3.05) is 11.9 Å². The summed E-state index contributed by atoms with van der Waals surface area (Å²) >= 11 is 0. The Morgan fingerprint density at radius 3 is 2.58 bits per heavy atom. The van der Waals surface area contributed by atoms with Gasteiger partial charge in [0.15, 0.2) is 11.9 Å². The van der Waals surface area contributed by atoms with Gasteiger partial charge in [-0.3, -0.25) is 9.59 Å². The molecule has 1 N–H and O–H groups in total. The number of hydrogen-bond donors (Lipinski definition) is 1. The molecule has 0 bridgehead atoms. The number of para-hydroxylation sites is 2. The number of rotatable bonds is 2. The summed E-state index contributed by atoms with van der Waals surface area (Å²) in [5.74, 6) is -0.147. The minimum atomic E-state index is -2.07. The molecular weight excluding hydrogens is 420 g/mol. The molecule has 7 heteroatoms. The van der Waals surface area contributed by atoms with Gasteiger partial charge < -0.3 is 19.2 Å². The topological polar surface area (TPSA) is 92.3 Å². The maximum atomic E-state index is 13.6. The van der Waals surface area contributed by atoms with Crippen molar-refractivity contribution in [1.29, 1.82) is 0 Å². The van der Waals surface area contributed by atoms with Crippen LogP contribution in [0.25, 0.3) is 11.0 Å². The minimum Gasteiger partial charge on any atom is -0.463 e. The molecule has 2 aliphatic heterocycles. The zero-order valence-electron chi connectivity index (χ0n) is 18.3. The fourth-order valence-electron chi connectivity index (χ4n) is 5.36. The van der Waals surface area contributed by atoms with Crippen LogP contribution in [0.1, 0.15) is 55.1 Å². The molecule has 2 atom stereocenters. The highest BCUT2D eigenvalue weighted by Crippen LogP contribution is 2.51. The quantitative estimate of drug-likeness (QED) is 0.649. The van der Waals surface area contributed by atoms with Gasteiger partial charge in [-0.25, -0.2) is 4.99 Å². The monoisotopic (exact) mass is 444 g/mol. The Labute approximate surface area is 190 Å². The molecule has 1 saturated carbocycles.